The maximum Gasteiger partial charge on any atom is 0.306 e. The first kappa shape index (κ1) is 9.49. The lowest BCUT2D eigenvalue weighted by Crippen LogP contribution is -2.34. The summed E-state index contributed by atoms with van der Waals surface area (Å²) in [7, 11) is 0. The molecule has 0 aromatic heterocycles. The Morgan fingerprint density at radius 1 is 1.43 bits per heavy atom. The molecule has 78 valence electrons. The summed E-state index contributed by atoms with van der Waals surface area (Å²) < 4.78 is 0. The first-order valence-corrected chi connectivity index (χ1v) is 5.21. The largest absolute Gasteiger partial charge is 0.481 e. The van der Waals surface area contributed by atoms with Crippen molar-refractivity contribution in [2.24, 2.45) is 5.92 Å². The molecule has 2 rings (SSSR count). The highest BCUT2D eigenvalue weighted by Gasteiger charge is 2.36. The van der Waals surface area contributed by atoms with Gasteiger partial charge in [0.2, 0.25) is 5.91 Å². The molecule has 2 aliphatic rings. The first-order valence-electron chi connectivity index (χ1n) is 5.21. The van der Waals surface area contributed by atoms with Gasteiger partial charge in [0.15, 0.2) is 0 Å². The number of carboxylic acids is 1. The lowest BCUT2D eigenvalue weighted by molar-refractivity contribution is -0.142. The summed E-state index contributed by atoms with van der Waals surface area (Å²) in [5.41, 5.74) is 0. The summed E-state index contributed by atoms with van der Waals surface area (Å²) in [6.07, 6.45) is 3.83. The third-order valence-corrected chi connectivity index (χ3v) is 3.30. The van der Waals surface area contributed by atoms with Crippen molar-refractivity contribution in [1.29, 1.82) is 0 Å². The van der Waals surface area contributed by atoms with Crippen molar-refractivity contribution in [2.45, 2.75) is 38.1 Å². The molecule has 1 amide bonds. The van der Waals surface area contributed by atoms with Gasteiger partial charge in [-0.25, -0.2) is 0 Å². The minimum absolute atomic E-state index is 0.200. The highest BCUT2D eigenvalue weighted by atomic mass is 16.4. The molecule has 1 heterocycles. The Balaban J connectivity index is 1.95. The summed E-state index contributed by atoms with van der Waals surface area (Å²) in [5, 5.41) is 8.84. The van der Waals surface area contributed by atoms with Gasteiger partial charge >= 0.3 is 5.97 Å². The highest BCUT2D eigenvalue weighted by molar-refractivity contribution is 5.78. The smallest absolute Gasteiger partial charge is 0.306 e. The van der Waals surface area contributed by atoms with Crippen LogP contribution in [0.2, 0.25) is 0 Å². The number of hydrogen-bond acceptors (Lipinski definition) is 2. The zero-order chi connectivity index (χ0) is 10.1. The quantitative estimate of drug-likeness (QED) is 0.714. The topological polar surface area (TPSA) is 57.6 Å². The summed E-state index contributed by atoms with van der Waals surface area (Å²) in [4.78, 5) is 24.0. The molecule has 0 spiro atoms. The fraction of sp³-hybridized carbons (Fsp3) is 0.800. The van der Waals surface area contributed by atoms with Gasteiger partial charge in [-0.2, -0.15) is 0 Å². The van der Waals surface area contributed by atoms with Crippen molar-refractivity contribution in [1.82, 2.24) is 4.90 Å². The number of carbonyl (C=O) groups is 2. The standard InChI is InChI=1S/C10H15NO3/c12-9-2-1-5-11(9)8-4-3-7(6-8)10(13)14/h7-8H,1-6H2,(H,13,14). The molecular formula is C10H15NO3. The number of aliphatic carboxylic acids is 1. The minimum atomic E-state index is -0.709. The molecular weight excluding hydrogens is 182 g/mol. The zero-order valence-electron chi connectivity index (χ0n) is 8.11. The number of rotatable bonds is 2. The Morgan fingerprint density at radius 3 is 2.71 bits per heavy atom. The van der Waals surface area contributed by atoms with Crippen LogP contribution in [0.25, 0.3) is 0 Å². The molecule has 1 aliphatic heterocycles. The van der Waals surface area contributed by atoms with Gasteiger partial charge in [-0.1, -0.05) is 0 Å². The van der Waals surface area contributed by atoms with Crippen LogP contribution >= 0.6 is 0 Å². The average Bonchev–Trinajstić information content (AvgIpc) is 2.71. The average molecular weight is 197 g/mol. The van der Waals surface area contributed by atoms with Gasteiger partial charge in [0.05, 0.1) is 5.92 Å². The maximum absolute atomic E-state index is 11.4. The van der Waals surface area contributed by atoms with Crippen molar-refractivity contribution in [3.05, 3.63) is 0 Å². The van der Waals surface area contributed by atoms with Crippen LogP contribution in [0.1, 0.15) is 32.1 Å². The molecule has 1 N–H and O–H groups in total. The van der Waals surface area contributed by atoms with E-state index in [1.54, 1.807) is 0 Å². The maximum atomic E-state index is 11.4. The summed E-state index contributed by atoms with van der Waals surface area (Å²) in [5.74, 6) is -0.728. The second-order valence-corrected chi connectivity index (χ2v) is 4.19. The normalized spacial score (nSPS) is 32.6. The van der Waals surface area contributed by atoms with E-state index in [1.807, 2.05) is 4.90 Å². The molecule has 1 saturated carbocycles. The number of amides is 1. The van der Waals surface area contributed by atoms with Gasteiger partial charge in [-0.3, -0.25) is 9.59 Å². The van der Waals surface area contributed by atoms with Crippen molar-refractivity contribution in [2.75, 3.05) is 6.54 Å². The van der Waals surface area contributed by atoms with E-state index in [0.29, 0.717) is 12.8 Å². The molecule has 0 bridgehead atoms. The molecule has 4 nitrogen and oxygen atoms in total. The van der Waals surface area contributed by atoms with Crippen LogP contribution in [0.3, 0.4) is 0 Å². The van der Waals surface area contributed by atoms with E-state index in [0.717, 1.165) is 25.8 Å². The number of hydrogen-bond donors (Lipinski definition) is 1. The lowest BCUT2D eigenvalue weighted by atomic mass is 10.1. The number of nitrogens with zero attached hydrogens (tertiary/aromatic N) is 1. The fourth-order valence-electron chi connectivity index (χ4n) is 2.52. The molecule has 14 heavy (non-hydrogen) atoms. The Kier molecular flexibility index (Phi) is 2.44. The van der Waals surface area contributed by atoms with E-state index >= 15 is 0 Å². The van der Waals surface area contributed by atoms with Gasteiger partial charge in [-0.15, -0.1) is 0 Å². The number of carbonyl (C=O) groups excluding carboxylic acids is 1. The van der Waals surface area contributed by atoms with E-state index in [-0.39, 0.29) is 17.9 Å². The lowest BCUT2D eigenvalue weighted by Gasteiger charge is -2.23. The van der Waals surface area contributed by atoms with E-state index in [1.165, 1.54) is 0 Å². The summed E-state index contributed by atoms with van der Waals surface area (Å²) in [6.45, 7) is 0.829. The predicted molar refractivity (Wildman–Crippen MR) is 49.7 cm³/mol. The van der Waals surface area contributed by atoms with Crippen LogP contribution in [-0.2, 0) is 9.59 Å². The first-order chi connectivity index (χ1) is 6.68. The Hall–Kier alpha value is -1.06. The van der Waals surface area contributed by atoms with Crippen LogP contribution in [0.4, 0.5) is 0 Å². The molecule has 2 fully saturated rings. The molecule has 2 unspecified atom stereocenters. The minimum Gasteiger partial charge on any atom is -0.481 e. The van der Waals surface area contributed by atoms with Crippen LogP contribution in [0.15, 0.2) is 0 Å². The monoisotopic (exact) mass is 197 g/mol. The molecule has 0 radical (unpaired) electrons. The van der Waals surface area contributed by atoms with E-state index in [9.17, 15) is 9.59 Å². The molecule has 1 saturated heterocycles. The van der Waals surface area contributed by atoms with Gasteiger partial charge < -0.3 is 10.0 Å². The third kappa shape index (κ3) is 1.61. The number of carboxylic acid groups (broad SMARTS) is 1. The molecule has 0 aromatic carbocycles. The van der Waals surface area contributed by atoms with Crippen LogP contribution in [-0.4, -0.2) is 34.5 Å². The summed E-state index contributed by atoms with van der Waals surface area (Å²) >= 11 is 0. The van der Waals surface area contributed by atoms with Crippen molar-refractivity contribution >= 4 is 11.9 Å². The summed E-state index contributed by atoms with van der Waals surface area (Å²) in [6, 6.07) is 0.200. The van der Waals surface area contributed by atoms with E-state index in [2.05, 4.69) is 0 Å². The zero-order valence-corrected chi connectivity index (χ0v) is 8.11. The van der Waals surface area contributed by atoms with Crippen LogP contribution in [0.5, 0.6) is 0 Å². The van der Waals surface area contributed by atoms with Gasteiger partial charge in [0.25, 0.3) is 0 Å². The highest BCUT2D eigenvalue weighted by Crippen LogP contribution is 2.31. The molecule has 4 heteroatoms. The van der Waals surface area contributed by atoms with Crippen LogP contribution in [0, 0.1) is 5.92 Å². The second-order valence-electron chi connectivity index (χ2n) is 4.19. The molecule has 0 aromatic rings. The van der Waals surface area contributed by atoms with Crippen LogP contribution < -0.4 is 0 Å². The van der Waals surface area contributed by atoms with Gasteiger partial charge in [-0.05, 0) is 25.7 Å². The third-order valence-electron chi connectivity index (χ3n) is 3.30. The Morgan fingerprint density at radius 2 is 2.21 bits per heavy atom. The number of likely N-dealkylation sites (tertiary alicyclic amines) is 1. The SMILES string of the molecule is O=C(O)C1CCC(N2CCCC2=O)C1. The Labute approximate surface area is 82.9 Å². The van der Waals surface area contributed by atoms with Gasteiger partial charge in [0.1, 0.15) is 0 Å². The Bertz CT molecular complexity index is 264. The van der Waals surface area contributed by atoms with Gasteiger partial charge in [0, 0.05) is 19.0 Å². The molecule has 1 aliphatic carbocycles. The fourth-order valence-corrected chi connectivity index (χ4v) is 2.52. The second kappa shape index (κ2) is 3.59. The van der Waals surface area contributed by atoms with E-state index in [4.69, 9.17) is 5.11 Å². The van der Waals surface area contributed by atoms with Crippen molar-refractivity contribution < 1.29 is 14.7 Å². The van der Waals surface area contributed by atoms with E-state index < -0.39 is 5.97 Å². The van der Waals surface area contributed by atoms with Crippen molar-refractivity contribution in [3.63, 3.8) is 0 Å². The predicted octanol–water partition coefficient (Wildman–Crippen LogP) is 0.862. The van der Waals surface area contributed by atoms with Crippen molar-refractivity contribution in [3.8, 4) is 0 Å². The molecule has 2 atom stereocenters.